The highest BCUT2D eigenvalue weighted by Gasteiger charge is 2.13. The summed E-state index contributed by atoms with van der Waals surface area (Å²) < 4.78 is 0. The number of benzene rings is 2. The first-order valence-corrected chi connectivity index (χ1v) is 7.66. The summed E-state index contributed by atoms with van der Waals surface area (Å²) in [6.45, 7) is 2.14. The molecule has 0 aliphatic heterocycles. The van der Waals surface area contributed by atoms with Gasteiger partial charge in [0.25, 0.3) is 0 Å². The summed E-state index contributed by atoms with van der Waals surface area (Å²) in [6.07, 6.45) is 4.84. The van der Waals surface area contributed by atoms with Crippen molar-refractivity contribution < 1.29 is 4.79 Å². The van der Waals surface area contributed by atoms with Gasteiger partial charge in [0.1, 0.15) is 0 Å². The highest BCUT2D eigenvalue weighted by Crippen LogP contribution is 2.19. The van der Waals surface area contributed by atoms with E-state index in [1.807, 2.05) is 60.7 Å². The number of hydrogen-bond acceptors (Lipinski definition) is 1. The Kier molecular flexibility index (Phi) is 6.20. The van der Waals surface area contributed by atoms with Crippen molar-refractivity contribution in [2.24, 2.45) is 0 Å². The quantitative estimate of drug-likeness (QED) is 0.322. The third kappa shape index (κ3) is 4.46. The first-order chi connectivity index (χ1) is 10.8. The minimum atomic E-state index is 0.0107. The Morgan fingerprint density at radius 3 is 2.14 bits per heavy atom. The van der Waals surface area contributed by atoms with Crippen LogP contribution in [0.5, 0.6) is 0 Å². The minimum Gasteiger partial charge on any atom is -0.289 e. The molecule has 0 atom stereocenters. The molecule has 0 aromatic heterocycles. The highest BCUT2D eigenvalue weighted by molar-refractivity contribution is 6.29. The van der Waals surface area contributed by atoms with Crippen molar-refractivity contribution in [3.8, 4) is 11.8 Å². The maximum atomic E-state index is 12.7. The molecule has 0 N–H and O–H groups in total. The lowest BCUT2D eigenvalue weighted by Gasteiger charge is -2.05. The molecule has 2 aromatic rings. The van der Waals surface area contributed by atoms with Crippen LogP contribution in [0.2, 0.25) is 0 Å². The van der Waals surface area contributed by atoms with E-state index in [9.17, 15) is 4.79 Å². The van der Waals surface area contributed by atoms with Gasteiger partial charge < -0.3 is 0 Å². The molecule has 0 bridgehead atoms. The van der Waals surface area contributed by atoms with Crippen LogP contribution in [-0.2, 0) is 0 Å². The SMILES string of the molecule is CCCCC#C/C=C(/C(=O)c1ccccc1)c1ccccc1. The average Bonchev–Trinajstić information content (AvgIpc) is 2.59. The van der Waals surface area contributed by atoms with Gasteiger partial charge in [-0.25, -0.2) is 0 Å². The second kappa shape index (κ2) is 8.64. The molecule has 0 spiro atoms. The van der Waals surface area contributed by atoms with Crippen molar-refractivity contribution in [3.05, 3.63) is 77.9 Å². The standard InChI is InChI=1S/C21H20O/c1-2-3-4-5-12-17-20(18-13-8-6-9-14-18)21(22)19-15-10-7-11-16-19/h6-11,13-17H,2-4H2,1H3/b20-17+. The van der Waals surface area contributed by atoms with Gasteiger partial charge in [-0.1, -0.05) is 85.8 Å². The van der Waals surface area contributed by atoms with Crippen molar-refractivity contribution >= 4 is 11.4 Å². The van der Waals surface area contributed by atoms with Crippen molar-refractivity contribution in [2.75, 3.05) is 0 Å². The fourth-order valence-corrected chi connectivity index (χ4v) is 2.10. The second-order valence-electron chi connectivity index (χ2n) is 5.04. The summed E-state index contributed by atoms with van der Waals surface area (Å²) in [6, 6.07) is 19.0. The van der Waals surface area contributed by atoms with Crippen molar-refractivity contribution in [2.45, 2.75) is 26.2 Å². The minimum absolute atomic E-state index is 0.0107. The van der Waals surface area contributed by atoms with Crippen molar-refractivity contribution in [3.63, 3.8) is 0 Å². The van der Waals surface area contributed by atoms with Gasteiger partial charge in [0, 0.05) is 17.6 Å². The summed E-state index contributed by atoms with van der Waals surface area (Å²) in [7, 11) is 0. The Morgan fingerprint density at radius 2 is 1.55 bits per heavy atom. The molecule has 2 aromatic carbocycles. The van der Waals surface area contributed by atoms with E-state index in [0.29, 0.717) is 11.1 Å². The van der Waals surface area contributed by atoms with E-state index in [2.05, 4.69) is 18.8 Å². The van der Waals surface area contributed by atoms with Gasteiger partial charge in [0.15, 0.2) is 5.78 Å². The number of carbonyl (C=O) groups excluding carboxylic acids is 1. The number of hydrogen-bond donors (Lipinski definition) is 0. The normalized spacial score (nSPS) is 10.7. The molecule has 22 heavy (non-hydrogen) atoms. The van der Waals surface area contributed by atoms with Gasteiger partial charge >= 0.3 is 0 Å². The van der Waals surface area contributed by atoms with E-state index in [0.717, 1.165) is 24.8 Å². The molecule has 2 rings (SSSR count). The Bertz CT molecular complexity index is 685. The zero-order valence-electron chi connectivity index (χ0n) is 12.9. The van der Waals surface area contributed by atoms with Crippen LogP contribution < -0.4 is 0 Å². The molecule has 110 valence electrons. The molecular weight excluding hydrogens is 268 g/mol. The van der Waals surface area contributed by atoms with Crippen LogP contribution in [-0.4, -0.2) is 5.78 Å². The molecule has 0 radical (unpaired) electrons. The molecule has 1 heteroatoms. The predicted molar refractivity (Wildman–Crippen MR) is 92.5 cm³/mol. The first kappa shape index (κ1) is 15.8. The van der Waals surface area contributed by atoms with Crippen molar-refractivity contribution in [1.29, 1.82) is 0 Å². The van der Waals surface area contributed by atoms with Gasteiger partial charge in [-0.05, 0) is 18.1 Å². The van der Waals surface area contributed by atoms with E-state index in [-0.39, 0.29) is 5.78 Å². The molecule has 0 aliphatic rings. The lowest BCUT2D eigenvalue weighted by Crippen LogP contribution is -2.02. The number of allylic oxidation sites excluding steroid dienone is 2. The first-order valence-electron chi connectivity index (χ1n) is 7.66. The monoisotopic (exact) mass is 288 g/mol. The highest BCUT2D eigenvalue weighted by atomic mass is 16.1. The maximum absolute atomic E-state index is 12.7. The molecule has 0 aliphatic carbocycles. The number of carbonyl (C=O) groups is 1. The smallest absolute Gasteiger partial charge is 0.194 e. The number of Topliss-reactive ketones (excluding diaryl/α,β-unsaturated/α-hetero) is 1. The predicted octanol–water partition coefficient (Wildman–Crippen LogP) is 5.15. The maximum Gasteiger partial charge on any atom is 0.194 e. The lowest BCUT2D eigenvalue weighted by atomic mass is 9.96. The average molecular weight is 288 g/mol. The van der Waals surface area contributed by atoms with Crippen molar-refractivity contribution in [1.82, 2.24) is 0 Å². The van der Waals surface area contributed by atoms with E-state index < -0.39 is 0 Å². The topological polar surface area (TPSA) is 17.1 Å². The van der Waals surface area contributed by atoms with Gasteiger partial charge in [-0.2, -0.15) is 0 Å². The molecule has 0 heterocycles. The Balaban J connectivity index is 2.31. The summed E-state index contributed by atoms with van der Waals surface area (Å²) in [5.74, 6) is 6.16. The Hall–Kier alpha value is -2.59. The van der Waals surface area contributed by atoms with Gasteiger partial charge in [0.05, 0.1) is 0 Å². The number of ketones is 1. The Labute approximate surface area is 132 Å². The number of unbranched alkanes of at least 4 members (excludes halogenated alkanes) is 2. The van der Waals surface area contributed by atoms with Gasteiger partial charge in [0.2, 0.25) is 0 Å². The van der Waals surface area contributed by atoms with Crippen LogP contribution >= 0.6 is 0 Å². The molecule has 0 saturated heterocycles. The van der Waals surface area contributed by atoms with Crippen LogP contribution in [0.4, 0.5) is 0 Å². The van der Waals surface area contributed by atoms with E-state index in [1.165, 1.54) is 0 Å². The molecule has 0 unspecified atom stereocenters. The molecular formula is C21H20O. The third-order valence-corrected chi connectivity index (χ3v) is 3.34. The van der Waals surface area contributed by atoms with Crippen LogP contribution in [0, 0.1) is 11.8 Å². The second-order valence-corrected chi connectivity index (χ2v) is 5.04. The van der Waals surface area contributed by atoms with E-state index in [4.69, 9.17) is 0 Å². The summed E-state index contributed by atoms with van der Waals surface area (Å²) in [5.41, 5.74) is 2.24. The van der Waals surface area contributed by atoms with Crippen LogP contribution in [0.25, 0.3) is 5.57 Å². The van der Waals surface area contributed by atoms with Gasteiger partial charge in [-0.15, -0.1) is 0 Å². The summed E-state index contributed by atoms with van der Waals surface area (Å²) in [4.78, 5) is 12.7. The van der Waals surface area contributed by atoms with Gasteiger partial charge in [-0.3, -0.25) is 4.79 Å². The van der Waals surface area contributed by atoms with Crippen LogP contribution in [0.3, 0.4) is 0 Å². The largest absolute Gasteiger partial charge is 0.289 e. The third-order valence-electron chi connectivity index (χ3n) is 3.34. The zero-order chi connectivity index (χ0) is 15.6. The molecule has 1 nitrogen and oxygen atoms in total. The summed E-state index contributed by atoms with van der Waals surface area (Å²) in [5, 5.41) is 0. The molecule has 0 saturated carbocycles. The molecule has 0 amide bonds. The Morgan fingerprint density at radius 1 is 0.955 bits per heavy atom. The fraction of sp³-hybridized carbons (Fsp3) is 0.190. The lowest BCUT2D eigenvalue weighted by molar-refractivity contribution is 0.105. The fourth-order valence-electron chi connectivity index (χ4n) is 2.10. The number of rotatable bonds is 5. The molecule has 0 fully saturated rings. The van der Waals surface area contributed by atoms with E-state index >= 15 is 0 Å². The van der Waals surface area contributed by atoms with Crippen LogP contribution in [0.1, 0.15) is 42.1 Å². The van der Waals surface area contributed by atoms with Crippen LogP contribution in [0.15, 0.2) is 66.7 Å². The van der Waals surface area contributed by atoms with E-state index in [1.54, 1.807) is 6.08 Å². The summed E-state index contributed by atoms with van der Waals surface area (Å²) >= 11 is 0. The zero-order valence-corrected chi connectivity index (χ0v) is 12.9.